The lowest BCUT2D eigenvalue weighted by Gasteiger charge is -2.22. The number of phenols is 1. The molecule has 4 nitrogen and oxygen atoms in total. The largest absolute Gasteiger partial charge is 0.508 e. The highest BCUT2D eigenvalue weighted by atomic mass is 16.3. The normalized spacial score (nSPS) is 14.5. The van der Waals surface area contributed by atoms with Crippen LogP contribution in [0.5, 0.6) is 5.75 Å². The second-order valence-electron chi connectivity index (χ2n) is 4.77. The van der Waals surface area contributed by atoms with Crippen molar-refractivity contribution in [2.45, 2.75) is 31.7 Å². The first-order chi connectivity index (χ1) is 8.72. The van der Waals surface area contributed by atoms with Crippen molar-refractivity contribution >= 4 is 5.91 Å². The van der Waals surface area contributed by atoms with Crippen molar-refractivity contribution in [1.29, 1.82) is 0 Å². The van der Waals surface area contributed by atoms with Crippen molar-refractivity contribution in [3.8, 4) is 5.75 Å². The molecular weight excluding hydrogens is 228 g/mol. The standard InChI is InChI=1S/C14H20N2O2/c15-8-3-9-16(12-6-7-12)14(18)10-11-4-1-2-5-13(11)17/h1-2,4-5,12,17H,3,6-10,15H2. The van der Waals surface area contributed by atoms with E-state index >= 15 is 0 Å². The van der Waals surface area contributed by atoms with E-state index in [-0.39, 0.29) is 18.1 Å². The Morgan fingerprint density at radius 1 is 1.39 bits per heavy atom. The lowest BCUT2D eigenvalue weighted by Crippen LogP contribution is -2.36. The molecule has 3 N–H and O–H groups in total. The number of rotatable bonds is 6. The van der Waals surface area contributed by atoms with Gasteiger partial charge in [0.25, 0.3) is 0 Å². The molecule has 0 atom stereocenters. The third-order valence-electron chi connectivity index (χ3n) is 3.24. The molecule has 1 fully saturated rings. The van der Waals surface area contributed by atoms with Crippen LogP contribution in [0.15, 0.2) is 24.3 Å². The van der Waals surface area contributed by atoms with Gasteiger partial charge in [-0.25, -0.2) is 0 Å². The fourth-order valence-corrected chi connectivity index (χ4v) is 2.08. The van der Waals surface area contributed by atoms with Crippen LogP contribution in [0.3, 0.4) is 0 Å². The Morgan fingerprint density at radius 3 is 2.72 bits per heavy atom. The van der Waals surface area contributed by atoms with Gasteiger partial charge in [-0.2, -0.15) is 0 Å². The lowest BCUT2D eigenvalue weighted by molar-refractivity contribution is -0.131. The number of benzene rings is 1. The van der Waals surface area contributed by atoms with Crippen LogP contribution in [0, 0.1) is 0 Å². The average molecular weight is 248 g/mol. The monoisotopic (exact) mass is 248 g/mol. The zero-order chi connectivity index (χ0) is 13.0. The molecule has 0 spiro atoms. The summed E-state index contributed by atoms with van der Waals surface area (Å²) >= 11 is 0. The number of hydrogen-bond donors (Lipinski definition) is 2. The summed E-state index contributed by atoms with van der Waals surface area (Å²) in [5.74, 6) is 0.285. The van der Waals surface area contributed by atoms with Crippen molar-refractivity contribution in [1.82, 2.24) is 4.90 Å². The Morgan fingerprint density at radius 2 is 2.11 bits per heavy atom. The Kier molecular flexibility index (Phi) is 4.20. The van der Waals surface area contributed by atoms with E-state index in [0.717, 1.165) is 25.8 Å². The molecule has 0 radical (unpaired) electrons. The molecule has 1 saturated carbocycles. The zero-order valence-corrected chi connectivity index (χ0v) is 10.5. The fourth-order valence-electron chi connectivity index (χ4n) is 2.08. The summed E-state index contributed by atoms with van der Waals surface area (Å²) in [4.78, 5) is 14.1. The number of para-hydroxylation sites is 1. The van der Waals surface area contributed by atoms with Gasteiger partial charge in [0.2, 0.25) is 5.91 Å². The van der Waals surface area contributed by atoms with Crippen molar-refractivity contribution in [2.24, 2.45) is 5.73 Å². The van der Waals surface area contributed by atoms with E-state index in [1.807, 2.05) is 11.0 Å². The lowest BCUT2D eigenvalue weighted by atomic mass is 10.1. The molecule has 0 aliphatic heterocycles. The number of carbonyl (C=O) groups excluding carboxylic acids is 1. The number of hydrogen-bond acceptors (Lipinski definition) is 3. The van der Waals surface area contributed by atoms with Gasteiger partial charge in [-0.3, -0.25) is 4.79 Å². The van der Waals surface area contributed by atoms with E-state index in [9.17, 15) is 9.90 Å². The van der Waals surface area contributed by atoms with Crippen molar-refractivity contribution in [3.05, 3.63) is 29.8 Å². The average Bonchev–Trinajstić information content (AvgIpc) is 3.17. The minimum atomic E-state index is 0.0902. The molecule has 0 bridgehead atoms. The first-order valence-corrected chi connectivity index (χ1v) is 6.48. The van der Waals surface area contributed by atoms with Crippen molar-refractivity contribution < 1.29 is 9.90 Å². The number of aromatic hydroxyl groups is 1. The molecule has 0 saturated heterocycles. The van der Waals surface area contributed by atoms with Crippen molar-refractivity contribution in [2.75, 3.05) is 13.1 Å². The SMILES string of the molecule is NCCCN(C(=O)Cc1ccccc1O)C1CC1. The maximum Gasteiger partial charge on any atom is 0.227 e. The van der Waals surface area contributed by atoms with Gasteiger partial charge < -0.3 is 15.7 Å². The minimum Gasteiger partial charge on any atom is -0.508 e. The first kappa shape index (κ1) is 12.9. The number of carbonyl (C=O) groups is 1. The first-order valence-electron chi connectivity index (χ1n) is 6.48. The van der Waals surface area contributed by atoms with Gasteiger partial charge in [0.15, 0.2) is 0 Å². The summed E-state index contributed by atoms with van der Waals surface area (Å²) < 4.78 is 0. The second-order valence-corrected chi connectivity index (χ2v) is 4.77. The minimum absolute atomic E-state index is 0.0902. The summed E-state index contributed by atoms with van der Waals surface area (Å²) in [6.45, 7) is 1.33. The zero-order valence-electron chi connectivity index (χ0n) is 10.5. The van der Waals surface area contributed by atoms with E-state index < -0.39 is 0 Å². The molecule has 0 aromatic heterocycles. The third-order valence-corrected chi connectivity index (χ3v) is 3.24. The maximum absolute atomic E-state index is 12.2. The van der Waals surface area contributed by atoms with Crippen LogP contribution in [0.4, 0.5) is 0 Å². The number of nitrogens with zero attached hydrogens (tertiary/aromatic N) is 1. The summed E-state index contributed by atoms with van der Waals surface area (Å²) in [6, 6.07) is 7.40. The molecule has 98 valence electrons. The van der Waals surface area contributed by atoms with Crippen LogP contribution in [0.1, 0.15) is 24.8 Å². The Balaban J connectivity index is 1.98. The molecule has 1 aliphatic rings. The van der Waals surface area contributed by atoms with Crippen LogP contribution >= 0.6 is 0 Å². The quantitative estimate of drug-likeness (QED) is 0.797. The van der Waals surface area contributed by atoms with Crippen LogP contribution < -0.4 is 5.73 Å². The molecule has 1 amide bonds. The second kappa shape index (κ2) is 5.87. The summed E-state index contributed by atoms with van der Waals surface area (Å²) in [6.07, 6.45) is 3.30. The number of amides is 1. The molecular formula is C14H20N2O2. The third kappa shape index (κ3) is 3.23. The van der Waals surface area contributed by atoms with Crippen LogP contribution in [-0.4, -0.2) is 35.0 Å². The van der Waals surface area contributed by atoms with E-state index in [1.165, 1.54) is 0 Å². The van der Waals surface area contributed by atoms with Gasteiger partial charge in [0, 0.05) is 18.2 Å². The van der Waals surface area contributed by atoms with Gasteiger partial charge in [-0.1, -0.05) is 18.2 Å². The van der Waals surface area contributed by atoms with Crippen LogP contribution in [0.2, 0.25) is 0 Å². The summed E-state index contributed by atoms with van der Waals surface area (Å²) in [7, 11) is 0. The molecule has 1 aliphatic carbocycles. The predicted molar refractivity (Wildman–Crippen MR) is 70.2 cm³/mol. The molecule has 2 rings (SSSR count). The molecule has 0 heterocycles. The Labute approximate surface area is 107 Å². The Hall–Kier alpha value is -1.55. The van der Waals surface area contributed by atoms with Gasteiger partial charge in [-0.05, 0) is 31.9 Å². The van der Waals surface area contributed by atoms with Gasteiger partial charge >= 0.3 is 0 Å². The smallest absolute Gasteiger partial charge is 0.227 e. The highest BCUT2D eigenvalue weighted by Crippen LogP contribution is 2.28. The highest BCUT2D eigenvalue weighted by molar-refractivity contribution is 5.80. The number of phenolic OH excluding ortho intramolecular Hbond substituents is 1. The predicted octanol–water partition coefficient (Wildman–Crippen LogP) is 1.27. The van der Waals surface area contributed by atoms with Crippen LogP contribution in [-0.2, 0) is 11.2 Å². The van der Waals surface area contributed by atoms with Crippen molar-refractivity contribution in [3.63, 3.8) is 0 Å². The maximum atomic E-state index is 12.2. The fraction of sp³-hybridized carbons (Fsp3) is 0.500. The van der Waals surface area contributed by atoms with Gasteiger partial charge in [0.1, 0.15) is 5.75 Å². The summed E-state index contributed by atoms with van der Waals surface area (Å²) in [5, 5.41) is 9.68. The topological polar surface area (TPSA) is 66.6 Å². The van der Waals surface area contributed by atoms with E-state index in [0.29, 0.717) is 18.2 Å². The number of nitrogens with two attached hydrogens (primary N) is 1. The van der Waals surface area contributed by atoms with E-state index in [1.54, 1.807) is 18.2 Å². The van der Waals surface area contributed by atoms with E-state index in [2.05, 4.69) is 0 Å². The molecule has 1 aromatic carbocycles. The molecule has 4 heteroatoms. The van der Waals surface area contributed by atoms with Gasteiger partial charge in [0.05, 0.1) is 6.42 Å². The molecule has 0 unspecified atom stereocenters. The Bertz CT molecular complexity index is 416. The highest BCUT2D eigenvalue weighted by Gasteiger charge is 2.31. The van der Waals surface area contributed by atoms with E-state index in [4.69, 9.17) is 5.73 Å². The van der Waals surface area contributed by atoms with Gasteiger partial charge in [-0.15, -0.1) is 0 Å². The molecule has 18 heavy (non-hydrogen) atoms. The molecule has 1 aromatic rings. The van der Waals surface area contributed by atoms with Crippen LogP contribution in [0.25, 0.3) is 0 Å². The summed E-state index contributed by atoms with van der Waals surface area (Å²) in [5.41, 5.74) is 6.19.